The molecular weight excluding hydrogens is 222 g/mol. The fraction of sp³-hybridized carbons (Fsp3) is 0.182. The molecule has 0 saturated carbocycles. The summed E-state index contributed by atoms with van der Waals surface area (Å²) in [7, 11) is 0. The number of rotatable bonds is 4. The van der Waals surface area contributed by atoms with Crippen LogP contribution in [-0.2, 0) is 9.59 Å². The summed E-state index contributed by atoms with van der Waals surface area (Å²) in [6.45, 7) is 2.50. The summed E-state index contributed by atoms with van der Waals surface area (Å²) in [6.07, 6.45) is 1.40. The number of carbonyl (C=O) groups is 2. The maximum absolute atomic E-state index is 10.8. The van der Waals surface area contributed by atoms with Crippen LogP contribution in [-0.4, -0.2) is 24.6 Å². The number of hydrogen-bond acceptors (Lipinski definition) is 4. The summed E-state index contributed by atoms with van der Waals surface area (Å²) >= 11 is 0. The van der Waals surface area contributed by atoms with Crippen LogP contribution in [0.3, 0.4) is 0 Å². The van der Waals surface area contributed by atoms with Crippen molar-refractivity contribution in [3.63, 3.8) is 0 Å². The Morgan fingerprint density at radius 2 is 2.06 bits per heavy atom. The second kappa shape index (κ2) is 6.26. The third kappa shape index (κ3) is 4.33. The Hall–Kier alpha value is -2.37. The van der Waals surface area contributed by atoms with Gasteiger partial charge in [-0.25, -0.2) is 5.43 Å². The van der Waals surface area contributed by atoms with E-state index < -0.39 is 11.8 Å². The molecule has 0 radical (unpaired) electrons. The van der Waals surface area contributed by atoms with Gasteiger partial charge < -0.3 is 10.5 Å². The van der Waals surface area contributed by atoms with E-state index in [2.05, 4.69) is 5.10 Å². The van der Waals surface area contributed by atoms with Gasteiger partial charge in [-0.2, -0.15) is 5.10 Å². The molecule has 0 spiro atoms. The van der Waals surface area contributed by atoms with Crippen molar-refractivity contribution in [2.75, 3.05) is 6.61 Å². The number of nitrogens with one attached hydrogen (secondary N) is 1. The van der Waals surface area contributed by atoms with Crippen LogP contribution < -0.4 is 15.9 Å². The fourth-order valence-corrected chi connectivity index (χ4v) is 1.04. The first kappa shape index (κ1) is 12.7. The van der Waals surface area contributed by atoms with Crippen molar-refractivity contribution in [1.82, 2.24) is 5.43 Å². The van der Waals surface area contributed by atoms with Gasteiger partial charge in [-0.1, -0.05) is 0 Å². The molecule has 90 valence electrons. The molecule has 17 heavy (non-hydrogen) atoms. The molecule has 0 heterocycles. The van der Waals surface area contributed by atoms with Crippen molar-refractivity contribution in [2.45, 2.75) is 6.92 Å². The molecule has 0 aliphatic rings. The van der Waals surface area contributed by atoms with E-state index in [0.29, 0.717) is 6.61 Å². The van der Waals surface area contributed by atoms with Gasteiger partial charge in [0.25, 0.3) is 0 Å². The van der Waals surface area contributed by atoms with Gasteiger partial charge in [0.2, 0.25) is 0 Å². The molecule has 0 aliphatic heterocycles. The van der Waals surface area contributed by atoms with Crippen molar-refractivity contribution in [3.05, 3.63) is 29.8 Å². The Balaban J connectivity index is 2.54. The lowest BCUT2D eigenvalue weighted by molar-refractivity contribution is -0.137. The third-order valence-electron chi connectivity index (χ3n) is 1.79. The lowest BCUT2D eigenvalue weighted by Crippen LogP contribution is -2.32. The molecule has 6 nitrogen and oxygen atoms in total. The first-order valence-electron chi connectivity index (χ1n) is 4.99. The quantitative estimate of drug-likeness (QED) is 0.437. The van der Waals surface area contributed by atoms with Gasteiger partial charge in [-0.15, -0.1) is 0 Å². The van der Waals surface area contributed by atoms with Crippen molar-refractivity contribution in [3.8, 4) is 5.75 Å². The molecule has 3 N–H and O–H groups in total. The standard InChI is InChI=1S/C11H13N3O3/c1-2-17-9-5-3-8(4-6-9)7-13-14-11(16)10(12)15/h3-7H,2H2,1H3,(H2,12,15)(H,14,16). The maximum Gasteiger partial charge on any atom is 0.329 e. The largest absolute Gasteiger partial charge is 0.494 e. The van der Waals surface area contributed by atoms with Crippen LogP contribution in [0.15, 0.2) is 29.4 Å². The van der Waals surface area contributed by atoms with Crippen LogP contribution in [0.2, 0.25) is 0 Å². The summed E-state index contributed by atoms with van der Waals surface area (Å²) < 4.78 is 5.26. The van der Waals surface area contributed by atoms with Crippen LogP contribution >= 0.6 is 0 Å². The highest BCUT2D eigenvalue weighted by Crippen LogP contribution is 2.10. The molecule has 0 atom stereocenters. The van der Waals surface area contributed by atoms with Gasteiger partial charge in [0, 0.05) is 0 Å². The van der Waals surface area contributed by atoms with Crippen LogP contribution in [0.5, 0.6) is 5.75 Å². The SMILES string of the molecule is CCOc1ccc(C=NNC(=O)C(N)=O)cc1. The third-order valence-corrected chi connectivity index (χ3v) is 1.79. The molecule has 0 fully saturated rings. The molecule has 0 aromatic heterocycles. The minimum Gasteiger partial charge on any atom is -0.494 e. The van der Waals surface area contributed by atoms with Gasteiger partial charge in [-0.3, -0.25) is 9.59 Å². The van der Waals surface area contributed by atoms with Crippen molar-refractivity contribution in [1.29, 1.82) is 0 Å². The average molecular weight is 235 g/mol. The molecule has 0 bridgehead atoms. The van der Waals surface area contributed by atoms with E-state index in [1.165, 1.54) is 6.21 Å². The van der Waals surface area contributed by atoms with E-state index in [4.69, 9.17) is 10.5 Å². The maximum atomic E-state index is 10.8. The zero-order valence-electron chi connectivity index (χ0n) is 9.34. The van der Waals surface area contributed by atoms with Gasteiger partial charge in [0.05, 0.1) is 12.8 Å². The normalized spacial score (nSPS) is 10.2. The van der Waals surface area contributed by atoms with E-state index in [-0.39, 0.29) is 0 Å². The number of primary amides is 1. The zero-order chi connectivity index (χ0) is 12.7. The Labute approximate surface area is 98.4 Å². The number of nitrogens with zero attached hydrogens (tertiary/aromatic N) is 1. The second-order valence-corrected chi connectivity index (χ2v) is 3.07. The number of carbonyl (C=O) groups excluding carboxylic acids is 2. The summed E-state index contributed by atoms with van der Waals surface area (Å²) in [4.78, 5) is 21.1. The molecule has 0 saturated heterocycles. The summed E-state index contributed by atoms with van der Waals surface area (Å²) in [6, 6.07) is 7.09. The minimum atomic E-state index is -1.08. The molecule has 6 heteroatoms. The van der Waals surface area contributed by atoms with Gasteiger partial charge >= 0.3 is 11.8 Å². The number of nitrogens with two attached hydrogens (primary N) is 1. The highest BCUT2D eigenvalue weighted by Gasteiger charge is 2.05. The van der Waals surface area contributed by atoms with Gasteiger partial charge in [-0.05, 0) is 36.8 Å². The number of ether oxygens (including phenoxy) is 1. The number of benzene rings is 1. The van der Waals surface area contributed by atoms with E-state index in [9.17, 15) is 9.59 Å². The van der Waals surface area contributed by atoms with E-state index >= 15 is 0 Å². The fourth-order valence-electron chi connectivity index (χ4n) is 1.04. The molecule has 0 unspecified atom stereocenters. The molecule has 1 rings (SSSR count). The van der Waals surface area contributed by atoms with Crippen LogP contribution in [0.25, 0.3) is 0 Å². The van der Waals surface area contributed by atoms with E-state index in [0.717, 1.165) is 11.3 Å². The van der Waals surface area contributed by atoms with E-state index in [1.807, 2.05) is 12.3 Å². The molecule has 2 amide bonds. The number of hydrogen-bond donors (Lipinski definition) is 2. The van der Waals surface area contributed by atoms with Crippen molar-refractivity contribution >= 4 is 18.0 Å². The number of amides is 2. The smallest absolute Gasteiger partial charge is 0.329 e. The Morgan fingerprint density at radius 3 is 2.59 bits per heavy atom. The summed E-state index contributed by atoms with van der Waals surface area (Å²) in [5.74, 6) is -1.27. The first-order chi connectivity index (χ1) is 8.13. The van der Waals surface area contributed by atoms with Crippen LogP contribution in [0, 0.1) is 0 Å². The molecular formula is C11H13N3O3. The van der Waals surface area contributed by atoms with Crippen LogP contribution in [0.1, 0.15) is 12.5 Å². The monoisotopic (exact) mass is 235 g/mol. The highest BCUT2D eigenvalue weighted by atomic mass is 16.5. The van der Waals surface area contributed by atoms with Crippen LogP contribution in [0.4, 0.5) is 0 Å². The van der Waals surface area contributed by atoms with Crippen molar-refractivity contribution in [2.24, 2.45) is 10.8 Å². The first-order valence-corrected chi connectivity index (χ1v) is 4.99. The summed E-state index contributed by atoms with van der Waals surface area (Å²) in [5, 5.41) is 3.57. The van der Waals surface area contributed by atoms with Gasteiger partial charge in [0.15, 0.2) is 0 Å². The molecule has 1 aromatic rings. The Bertz CT molecular complexity index is 426. The lowest BCUT2D eigenvalue weighted by atomic mass is 10.2. The Morgan fingerprint density at radius 1 is 1.41 bits per heavy atom. The zero-order valence-corrected chi connectivity index (χ0v) is 9.34. The Kier molecular flexibility index (Phi) is 4.68. The highest BCUT2D eigenvalue weighted by molar-refractivity contribution is 6.34. The molecule has 0 aliphatic carbocycles. The van der Waals surface area contributed by atoms with Crippen molar-refractivity contribution < 1.29 is 14.3 Å². The van der Waals surface area contributed by atoms with E-state index in [1.54, 1.807) is 24.3 Å². The average Bonchev–Trinajstić information content (AvgIpc) is 2.31. The summed E-state index contributed by atoms with van der Waals surface area (Å²) in [5.41, 5.74) is 7.48. The minimum absolute atomic E-state index is 0.599. The predicted octanol–water partition coefficient (Wildman–Crippen LogP) is 0.0207. The van der Waals surface area contributed by atoms with Gasteiger partial charge in [0.1, 0.15) is 5.75 Å². The lowest BCUT2D eigenvalue weighted by Gasteiger charge is -2.01. The topological polar surface area (TPSA) is 93.8 Å². The number of hydrazone groups is 1. The second-order valence-electron chi connectivity index (χ2n) is 3.07. The molecule has 1 aromatic carbocycles. The predicted molar refractivity (Wildman–Crippen MR) is 62.5 cm³/mol.